The second-order valence-corrected chi connectivity index (χ2v) is 6.16. The van der Waals surface area contributed by atoms with Crippen molar-refractivity contribution in [2.45, 2.75) is 19.9 Å². The van der Waals surface area contributed by atoms with Crippen molar-refractivity contribution in [2.24, 2.45) is 0 Å². The van der Waals surface area contributed by atoms with Gasteiger partial charge in [0.15, 0.2) is 0 Å². The molecule has 0 bridgehead atoms. The van der Waals surface area contributed by atoms with Gasteiger partial charge in [0.05, 0.1) is 18.8 Å². The number of rotatable bonds is 4. The van der Waals surface area contributed by atoms with Gasteiger partial charge in [-0.2, -0.15) is 0 Å². The zero-order valence-electron chi connectivity index (χ0n) is 12.0. The summed E-state index contributed by atoms with van der Waals surface area (Å²) < 4.78 is 20.0. The fourth-order valence-electron chi connectivity index (χ4n) is 2.11. The first-order valence-corrected chi connectivity index (χ1v) is 7.65. The number of ether oxygens (including phenoxy) is 1. The predicted octanol–water partition coefficient (Wildman–Crippen LogP) is 5.73. The van der Waals surface area contributed by atoms with Crippen molar-refractivity contribution in [3.63, 3.8) is 0 Å². The normalized spacial score (nSPS) is 12.1. The Bertz CT molecular complexity index is 663. The van der Waals surface area contributed by atoms with Gasteiger partial charge in [0.2, 0.25) is 0 Å². The maximum Gasteiger partial charge on any atom is 0.143 e. The summed E-state index contributed by atoms with van der Waals surface area (Å²) in [6.45, 7) is 3.81. The van der Waals surface area contributed by atoms with Crippen LogP contribution in [0.1, 0.15) is 24.1 Å². The molecule has 0 spiro atoms. The fraction of sp³-hybridized carbons (Fsp3) is 0.250. The summed E-state index contributed by atoms with van der Waals surface area (Å²) in [7, 11) is 1.58. The Morgan fingerprint density at radius 3 is 2.62 bits per heavy atom. The van der Waals surface area contributed by atoms with Crippen molar-refractivity contribution >= 4 is 33.2 Å². The van der Waals surface area contributed by atoms with E-state index < -0.39 is 0 Å². The van der Waals surface area contributed by atoms with E-state index in [4.69, 9.17) is 16.3 Å². The van der Waals surface area contributed by atoms with Crippen LogP contribution in [0, 0.1) is 12.7 Å². The van der Waals surface area contributed by atoms with Gasteiger partial charge < -0.3 is 10.1 Å². The molecule has 0 saturated heterocycles. The van der Waals surface area contributed by atoms with E-state index in [1.807, 2.05) is 26.0 Å². The minimum Gasteiger partial charge on any atom is -0.495 e. The van der Waals surface area contributed by atoms with Crippen LogP contribution in [-0.2, 0) is 0 Å². The molecule has 0 aliphatic rings. The van der Waals surface area contributed by atoms with Crippen LogP contribution < -0.4 is 10.1 Å². The number of anilines is 1. The summed E-state index contributed by atoms with van der Waals surface area (Å²) in [5.41, 5.74) is 2.31. The van der Waals surface area contributed by atoms with Gasteiger partial charge in [-0.1, -0.05) is 33.6 Å². The molecule has 2 aromatic rings. The Kier molecular flexibility index (Phi) is 5.12. The summed E-state index contributed by atoms with van der Waals surface area (Å²) in [6, 6.07) is 8.48. The molecular weight excluding hydrogens is 357 g/mol. The van der Waals surface area contributed by atoms with Gasteiger partial charge >= 0.3 is 0 Å². The predicted molar refractivity (Wildman–Crippen MR) is 88.9 cm³/mol. The number of aryl methyl sites for hydroxylation is 1. The highest BCUT2D eigenvalue weighted by Crippen LogP contribution is 2.34. The van der Waals surface area contributed by atoms with Crippen LogP contribution in [0.25, 0.3) is 0 Å². The van der Waals surface area contributed by atoms with Gasteiger partial charge in [-0.15, -0.1) is 0 Å². The number of nitrogens with one attached hydrogen (secondary N) is 1. The summed E-state index contributed by atoms with van der Waals surface area (Å²) in [6.07, 6.45) is 0. The Hall–Kier alpha value is -1.26. The highest BCUT2D eigenvalue weighted by molar-refractivity contribution is 9.10. The van der Waals surface area contributed by atoms with Gasteiger partial charge in [-0.05, 0) is 37.6 Å². The third-order valence-corrected chi connectivity index (χ3v) is 4.18. The maximum atomic E-state index is 14.0. The first-order valence-electron chi connectivity index (χ1n) is 6.48. The monoisotopic (exact) mass is 371 g/mol. The second kappa shape index (κ2) is 6.67. The van der Waals surface area contributed by atoms with Crippen molar-refractivity contribution in [3.05, 3.63) is 56.8 Å². The summed E-state index contributed by atoms with van der Waals surface area (Å²) in [5, 5.41) is 3.91. The van der Waals surface area contributed by atoms with Gasteiger partial charge in [0, 0.05) is 21.1 Å². The molecule has 0 aliphatic heterocycles. The van der Waals surface area contributed by atoms with Gasteiger partial charge in [-0.25, -0.2) is 4.39 Å². The smallest absolute Gasteiger partial charge is 0.143 e. The first-order chi connectivity index (χ1) is 9.92. The minimum atomic E-state index is -0.256. The molecule has 2 nitrogen and oxygen atoms in total. The number of hydrogen-bond acceptors (Lipinski definition) is 2. The molecule has 1 unspecified atom stereocenters. The highest BCUT2D eigenvalue weighted by Gasteiger charge is 2.14. The number of halogens is 3. The molecule has 1 N–H and O–H groups in total. The van der Waals surface area contributed by atoms with Crippen molar-refractivity contribution in [2.75, 3.05) is 12.4 Å². The van der Waals surface area contributed by atoms with Crippen LogP contribution in [-0.4, -0.2) is 7.11 Å². The fourth-order valence-corrected chi connectivity index (χ4v) is 2.60. The van der Waals surface area contributed by atoms with E-state index in [0.29, 0.717) is 16.3 Å². The minimum absolute atomic E-state index is 0.201. The molecule has 112 valence electrons. The Labute approximate surface area is 137 Å². The van der Waals surface area contributed by atoms with E-state index in [2.05, 4.69) is 21.2 Å². The lowest BCUT2D eigenvalue weighted by Gasteiger charge is -2.19. The molecule has 0 aromatic heterocycles. The SMILES string of the molecule is COc1cc(Cl)c(C)cc1NC(C)c1ccc(Br)cc1F. The van der Waals surface area contributed by atoms with Crippen molar-refractivity contribution in [1.82, 2.24) is 0 Å². The molecule has 21 heavy (non-hydrogen) atoms. The molecule has 0 aliphatic carbocycles. The zero-order valence-corrected chi connectivity index (χ0v) is 14.3. The van der Waals surface area contributed by atoms with E-state index in [9.17, 15) is 4.39 Å². The summed E-state index contributed by atoms with van der Waals surface area (Å²) in [4.78, 5) is 0. The van der Waals surface area contributed by atoms with Crippen LogP contribution in [0.5, 0.6) is 5.75 Å². The summed E-state index contributed by atoms with van der Waals surface area (Å²) >= 11 is 9.35. The largest absolute Gasteiger partial charge is 0.495 e. The summed E-state index contributed by atoms with van der Waals surface area (Å²) in [5.74, 6) is 0.379. The number of methoxy groups -OCH3 is 1. The molecule has 0 radical (unpaired) electrons. The quantitative estimate of drug-likeness (QED) is 0.740. The Morgan fingerprint density at radius 1 is 1.29 bits per heavy atom. The molecule has 2 rings (SSSR count). The van der Waals surface area contributed by atoms with Crippen molar-refractivity contribution in [1.29, 1.82) is 0 Å². The second-order valence-electron chi connectivity index (χ2n) is 4.83. The number of benzene rings is 2. The highest BCUT2D eigenvalue weighted by atomic mass is 79.9. The standard InChI is InChI=1S/C16H16BrClFNO/c1-9-6-15(16(21-3)8-13(9)18)20-10(2)12-5-4-11(17)7-14(12)19/h4-8,10,20H,1-3H3. The van der Waals surface area contributed by atoms with Gasteiger partial charge in [0.1, 0.15) is 11.6 Å². The molecule has 1 atom stereocenters. The molecule has 0 fully saturated rings. The Morgan fingerprint density at radius 2 is 2.00 bits per heavy atom. The topological polar surface area (TPSA) is 21.3 Å². The first kappa shape index (κ1) is 16.1. The molecule has 0 amide bonds. The molecule has 0 saturated carbocycles. The Balaban J connectivity index is 2.31. The third-order valence-electron chi connectivity index (χ3n) is 3.28. The van der Waals surface area contributed by atoms with E-state index >= 15 is 0 Å². The van der Waals surface area contributed by atoms with E-state index in [-0.39, 0.29) is 11.9 Å². The van der Waals surface area contributed by atoms with E-state index in [1.165, 1.54) is 6.07 Å². The van der Waals surface area contributed by atoms with E-state index in [1.54, 1.807) is 19.2 Å². The van der Waals surface area contributed by atoms with Crippen LogP contribution in [0.4, 0.5) is 10.1 Å². The average molecular weight is 373 g/mol. The van der Waals surface area contributed by atoms with Gasteiger partial charge in [0.25, 0.3) is 0 Å². The van der Waals surface area contributed by atoms with Crippen molar-refractivity contribution in [3.8, 4) is 5.75 Å². The average Bonchev–Trinajstić information content (AvgIpc) is 2.42. The van der Waals surface area contributed by atoms with Crippen LogP contribution in [0.3, 0.4) is 0 Å². The third kappa shape index (κ3) is 3.69. The number of hydrogen-bond donors (Lipinski definition) is 1. The van der Waals surface area contributed by atoms with Gasteiger partial charge in [-0.3, -0.25) is 0 Å². The maximum absolute atomic E-state index is 14.0. The lowest BCUT2D eigenvalue weighted by Crippen LogP contribution is -2.09. The lowest BCUT2D eigenvalue weighted by atomic mass is 10.1. The van der Waals surface area contributed by atoms with E-state index in [0.717, 1.165) is 15.7 Å². The molecular formula is C16H16BrClFNO. The lowest BCUT2D eigenvalue weighted by molar-refractivity contribution is 0.416. The van der Waals surface area contributed by atoms with Crippen LogP contribution in [0.2, 0.25) is 5.02 Å². The molecule has 0 heterocycles. The van der Waals surface area contributed by atoms with Crippen LogP contribution >= 0.6 is 27.5 Å². The van der Waals surface area contributed by atoms with Crippen molar-refractivity contribution < 1.29 is 9.13 Å². The zero-order chi connectivity index (χ0) is 15.6. The molecule has 5 heteroatoms. The van der Waals surface area contributed by atoms with Crippen LogP contribution in [0.15, 0.2) is 34.8 Å². The molecule has 2 aromatic carbocycles.